The van der Waals surface area contributed by atoms with Gasteiger partial charge in [-0.1, -0.05) is 17.8 Å². The minimum Gasteiger partial charge on any atom is -0.506 e. The number of allylic oxidation sites excluding steroid dienone is 1. The van der Waals surface area contributed by atoms with Gasteiger partial charge in [-0.15, -0.1) is 0 Å². The van der Waals surface area contributed by atoms with Crippen molar-refractivity contribution in [2.45, 2.75) is 13.3 Å². The maximum absolute atomic E-state index is 10.6. The maximum atomic E-state index is 10.6. The quantitative estimate of drug-likeness (QED) is 0.797. The van der Waals surface area contributed by atoms with E-state index < -0.39 is 0 Å². The standard InChI is InChI=1S/C11H13NO2S/c1-9(13)15-8-3-2-5-10-11(14)6-4-7-12-10/h2,4-7,14H,3,8H2,1H3. The fraction of sp³-hybridized carbons (Fsp3) is 0.273. The number of pyridine rings is 1. The van der Waals surface area contributed by atoms with Crippen LogP contribution in [0.2, 0.25) is 0 Å². The van der Waals surface area contributed by atoms with Gasteiger partial charge in [-0.3, -0.25) is 9.78 Å². The van der Waals surface area contributed by atoms with E-state index in [2.05, 4.69) is 4.98 Å². The molecule has 0 atom stereocenters. The molecule has 3 nitrogen and oxygen atoms in total. The molecule has 0 aliphatic carbocycles. The first kappa shape index (κ1) is 11.8. The van der Waals surface area contributed by atoms with Crippen LogP contribution in [0.3, 0.4) is 0 Å². The molecule has 0 saturated heterocycles. The van der Waals surface area contributed by atoms with Crippen molar-refractivity contribution in [3.8, 4) is 5.75 Å². The number of thioether (sulfide) groups is 1. The highest BCUT2D eigenvalue weighted by Gasteiger charge is 1.95. The molecule has 1 aromatic heterocycles. The Morgan fingerprint density at radius 3 is 3.13 bits per heavy atom. The highest BCUT2D eigenvalue weighted by atomic mass is 32.2. The molecule has 80 valence electrons. The van der Waals surface area contributed by atoms with E-state index in [1.165, 1.54) is 11.8 Å². The number of aromatic hydroxyl groups is 1. The molecule has 0 aliphatic heterocycles. The second kappa shape index (κ2) is 6.24. The number of carbonyl (C=O) groups excluding carboxylic acids is 1. The Balaban J connectivity index is 2.38. The number of carbonyl (C=O) groups is 1. The van der Waals surface area contributed by atoms with Crippen molar-refractivity contribution in [2.75, 3.05) is 5.75 Å². The molecule has 1 rings (SSSR count). The summed E-state index contributed by atoms with van der Waals surface area (Å²) in [4.78, 5) is 14.6. The van der Waals surface area contributed by atoms with Gasteiger partial charge in [0.25, 0.3) is 0 Å². The Kier molecular flexibility index (Phi) is 4.90. The molecule has 0 fully saturated rings. The molecule has 1 aromatic rings. The van der Waals surface area contributed by atoms with Crippen LogP contribution in [-0.2, 0) is 4.79 Å². The topological polar surface area (TPSA) is 50.2 Å². The first-order valence-corrected chi connectivity index (χ1v) is 5.62. The number of hydrogen-bond donors (Lipinski definition) is 1. The SMILES string of the molecule is CC(=O)SCCC=Cc1ncccc1O. The normalized spacial score (nSPS) is 10.7. The summed E-state index contributed by atoms with van der Waals surface area (Å²) in [6.07, 6.45) is 6.08. The minimum absolute atomic E-state index is 0.129. The van der Waals surface area contributed by atoms with Crippen LogP contribution < -0.4 is 0 Å². The van der Waals surface area contributed by atoms with Crippen LogP contribution in [0.4, 0.5) is 0 Å². The van der Waals surface area contributed by atoms with Gasteiger partial charge in [0.15, 0.2) is 5.12 Å². The fourth-order valence-corrected chi connectivity index (χ4v) is 1.54. The Labute approximate surface area is 93.2 Å². The summed E-state index contributed by atoms with van der Waals surface area (Å²) in [5.41, 5.74) is 0.560. The number of hydrogen-bond acceptors (Lipinski definition) is 4. The highest BCUT2D eigenvalue weighted by Crippen LogP contribution is 2.14. The average Bonchev–Trinajstić information content (AvgIpc) is 2.20. The second-order valence-electron chi connectivity index (χ2n) is 2.94. The van der Waals surface area contributed by atoms with Gasteiger partial charge in [0.05, 0.1) is 0 Å². The van der Waals surface area contributed by atoms with E-state index in [0.29, 0.717) is 5.69 Å². The zero-order valence-corrected chi connectivity index (χ0v) is 9.33. The third kappa shape index (κ3) is 4.65. The highest BCUT2D eigenvalue weighted by molar-refractivity contribution is 8.13. The molecule has 0 radical (unpaired) electrons. The first-order valence-electron chi connectivity index (χ1n) is 4.64. The van der Waals surface area contributed by atoms with E-state index in [0.717, 1.165) is 12.2 Å². The predicted octanol–water partition coefficient (Wildman–Crippen LogP) is 2.47. The molecule has 1 heterocycles. The van der Waals surface area contributed by atoms with Crippen LogP contribution in [0, 0.1) is 0 Å². The molecular formula is C11H13NO2S. The summed E-state index contributed by atoms with van der Waals surface area (Å²) in [5.74, 6) is 0.937. The van der Waals surface area contributed by atoms with Crippen molar-refractivity contribution in [2.24, 2.45) is 0 Å². The van der Waals surface area contributed by atoms with Crippen molar-refractivity contribution in [1.82, 2.24) is 4.98 Å². The van der Waals surface area contributed by atoms with E-state index in [1.807, 2.05) is 6.08 Å². The lowest BCUT2D eigenvalue weighted by Gasteiger charge is -1.96. The van der Waals surface area contributed by atoms with Crippen molar-refractivity contribution >= 4 is 23.0 Å². The van der Waals surface area contributed by atoms with Crippen LogP contribution in [0.5, 0.6) is 5.75 Å². The molecule has 0 aromatic carbocycles. The van der Waals surface area contributed by atoms with Crippen molar-refractivity contribution < 1.29 is 9.90 Å². The van der Waals surface area contributed by atoms with Gasteiger partial charge in [0, 0.05) is 18.9 Å². The predicted molar refractivity (Wildman–Crippen MR) is 62.7 cm³/mol. The molecule has 15 heavy (non-hydrogen) atoms. The molecule has 0 saturated carbocycles. The van der Waals surface area contributed by atoms with E-state index in [-0.39, 0.29) is 10.9 Å². The van der Waals surface area contributed by atoms with Gasteiger partial charge in [-0.25, -0.2) is 0 Å². The average molecular weight is 223 g/mol. The number of aromatic nitrogens is 1. The van der Waals surface area contributed by atoms with Crippen molar-refractivity contribution in [3.63, 3.8) is 0 Å². The third-order valence-corrected chi connectivity index (χ3v) is 2.53. The van der Waals surface area contributed by atoms with E-state index >= 15 is 0 Å². The summed E-state index contributed by atoms with van der Waals surface area (Å²) < 4.78 is 0. The van der Waals surface area contributed by atoms with Crippen LogP contribution in [0.1, 0.15) is 19.0 Å². The zero-order chi connectivity index (χ0) is 11.1. The first-order chi connectivity index (χ1) is 7.20. The van der Waals surface area contributed by atoms with Gasteiger partial charge in [0.1, 0.15) is 11.4 Å². The Bertz CT molecular complexity index is 363. The Hall–Kier alpha value is -1.29. The summed E-state index contributed by atoms with van der Waals surface area (Å²) in [5, 5.41) is 9.51. The van der Waals surface area contributed by atoms with Crippen LogP contribution >= 0.6 is 11.8 Å². The molecule has 1 N–H and O–H groups in total. The summed E-state index contributed by atoms with van der Waals surface area (Å²) in [6.45, 7) is 1.55. The van der Waals surface area contributed by atoms with E-state index in [4.69, 9.17) is 0 Å². The monoisotopic (exact) mass is 223 g/mol. The molecule has 4 heteroatoms. The Morgan fingerprint density at radius 1 is 1.67 bits per heavy atom. The number of nitrogens with zero attached hydrogens (tertiary/aromatic N) is 1. The maximum Gasteiger partial charge on any atom is 0.185 e. The second-order valence-corrected chi connectivity index (χ2v) is 4.21. The lowest BCUT2D eigenvalue weighted by molar-refractivity contribution is -0.109. The van der Waals surface area contributed by atoms with Gasteiger partial charge < -0.3 is 5.11 Å². The molecule has 0 bridgehead atoms. The lowest BCUT2D eigenvalue weighted by Crippen LogP contribution is -1.84. The van der Waals surface area contributed by atoms with E-state index in [9.17, 15) is 9.90 Å². The van der Waals surface area contributed by atoms with Gasteiger partial charge >= 0.3 is 0 Å². The molecule has 0 spiro atoms. The summed E-state index contributed by atoms with van der Waals surface area (Å²) in [6, 6.07) is 3.27. The molecule has 0 unspecified atom stereocenters. The largest absolute Gasteiger partial charge is 0.506 e. The van der Waals surface area contributed by atoms with Gasteiger partial charge in [-0.05, 0) is 24.6 Å². The van der Waals surface area contributed by atoms with Crippen LogP contribution in [0.15, 0.2) is 24.4 Å². The third-order valence-electron chi connectivity index (χ3n) is 1.68. The number of rotatable bonds is 4. The fourth-order valence-electron chi connectivity index (χ4n) is 1.00. The summed E-state index contributed by atoms with van der Waals surface area (Å²) in [7, 11) is 0. The van der Waals surface area contributed by atoms with Crippen molar-refractivity contribution in [3.05, 3.63) is 30.1 Å². The summed E-state index contributed by atoms with van der Waals surface area (Å²) >= 11 is 1.30. The molecule has 0 amide bonds. The smallest absolute Gasteiger partial charge is 0.185 e. The minimum atomic E-state index is 0.129. The van der Waals surface area contributed by atoms with E-state index in [1.54, 1.807) is 31.3 Å². The Morgan fingerprint density at radius 2 is 2.47 bits per heavy atom. The van der Waals surface area contributed by atoms with Gasteiger partial charge in [0.2, 0.25) is 0 Å². The van der Waals surface area contributed by atoms with Gasteiger partial charge in [-0.2, -0.15) is 0 Å². The molecular weight excluding hydrogens is 210 g/mol. The molecule has 0 aliphatic rings. The van der Waals surface area contributed by atoms with Crippen LogP contribution in [0.25, 0.3) is 6.08 Å². The van der Waals surface area contributed by atoms with Crippen molar-refractivity contribution in [1.29, 1.82) is 0 Å². The van der Waals surface area contributed by atoms with Crippen LogP contribution in [-0.4, -0.2) is 21.0 Å². The lowest BCUT2D eigenvalue weighted by atomic mass is 10.3. The zero-order valence-electron chi connectivity index (χ0n) is 8.51.